The summed E-state index contributed by atoms with van der Waals surface area (Å²) >= 11 is 0. The molecule has 18 heavy (non-hydrogen) atoms. The predicted octanol–water partition coefficient (Wildman–Crippen LogP) is 2.08. The molecule has 0 bridgehead atoms. The number of rotatable bonds is 5. The number of aldehydes is 1. The molecule has 2 fully saturated rings. The number of carbonyl (C=O) groups is 1. The van der Waals surface area contributed by atoms with Crippen LogP contribution in [0.4, 0.5) is 0 Å². The van der Waals surface area contributed by atoms with Gasteiger partial charge in [-0.15, -0.1) is 0 Å². The fourth-order valence-electron chi connectivity index (χ4n) is 3.88. The largest absolute Gasteiger partial charge is 0.393 e. The number of carbonyl (C=O) groups excluding carboxylic acids is 1. The van der Waals surface area contributed by atoms with Crippen LogP contribution in [0.1, 0.15) is 45.4 Å². The van der Waals surface area contributed by atoms with Gasteiger partial charge in [0.25, 0.3) is 0 Å². The van der Waals surface area contributed by atoms with Crippen LogP contribution < -0.4 is 0 Å². The summed E-state index contributed by atoms with van der Waals surface area (Å²) in [5.74, 6) is 1.32. The van der Waals surface area contributed by atoms with Gasteiger partial charge in [0, 0.05) is 18.5 Å². The van der Waals surface area contributed by atoms with E-state index in [-0.39, 0.29) is 11.5 Å². The van der Waals surface area contributed by atoms with E-state index in [0.29, 0.717) is 11.8 Å². The molecule has 0 aliphatic heterocycles. The van der Waals surface area contributed by atoms with Crippen LogP contribution in [-0.2, 0) is 4.79 Å². The minimum Gasteiger partial charge on any atom is -0.393 e. The van der Waals surface area contributed by atoms with E-state index >= 15 is 0 Å². The maximum atomic E-state index is 11.5. The smallest absolute Gasteiger partial charge is 0.127 e. The van der Waals surface area contributed by atoms with E-state index in [1.807, 2.05) is 0 Å². The summed E-state index contributed by atoms with van der Waals surface area (Å²) < 4.78 is 0. The Morgan fingerprint density at radius 1 is 1.44 bits per heavy atom. The second kappa shape index (κ2) is 5.70. The van der Waals surface area contributed by atoms with Crippen molar-refractivity contribution in [2.75, 3.05) is 20.1 Å². The molecule has 2 saturated carbocycles. The van der Waals surface area contributed by atoms with Gasteiger partial charge in [-0.3, -0.25) is 0 Å². The summed E-state index contributed by atoms with van der Waals surface area (Å²) in [4.78, 5) is 13.8. The molecule has 2 rings (SSSR count). The van der Waals surface area contributed by atoms with Gasteiger partial charge in [0.1, 0.15) is 6.29 Å². The minimum absolute atomic E-state index is 0.0712. The van der Waals surface area contributed by atoms with Crippen molar-refractivity contribution in [1.29, 1.82) is 0 Å². The molecule has 0 radical (unpaired) electrons. The van der Waals surface area contributed by atoms with Gasteiger partial charge in [0.2, 0.25) is 0 Å². The molecule has 0 aromatic heterocycles. The van der Waals surface area contributed by atoms with E-state index in [2.05, 4.69) is 18.9 Å². The molecule has 104 valence electrons. The Hall–Kier alpha value is -0.410. The van der Waals surface area contributed by atoms with Crippen LogP contribution in [0, 0.1) is 17.3 Å². The highest BCUT2D eigenvalue weighted by Gasteiger charge is 2.37. The Morgan fingerprint density at radius 2 is 2.17 bits per heavy atom. The third-order valence-electron chi connectivity index (χ3n) is 4.74. The lowest BCUT2D eigenvalue weighted by molar-refractivity contribution is -0.120. The molecule has 0 saturated heterocycles. The van der Waals surface area contributed by atoms with Crippen LogP contribution in [0.25, 0.3) is 0 Å². The first kappa shape index (κ1) is 14.0. The van der Waals surface area contributed by atoms with Gasteiger partial charge in [-0.1, -0.05) is 19.8 Å². The zero-order chi connectivity index (χ0) is 13.2. The van der Waals surface area contributed by atoms with Gasteiger partial charge in [-0.2, -0.15) is 0 Å². The fraction of sp³-hybridized carbons (Fsp3) is 0.933. The predicted molar refractivity (Wildman–Crippen MR) is 72.4 cm³/mol. The maximum absolute atomic E-state index is 11.5. The van der Waals surface area contributed by atoms with Crippen molar-refractivity contribution in [1.82, 2.24) is 4.90 Å². The van der Waals surface area contributed by atoms with Gasteiger partial charge < -0.3 is 14.8 Å². The van der Waals surface area contributed by atoms with E-state index in [1.165, 1.54) is 19.1 Å². The Bertz CT molecular complexity index is 288. The van der Waals surface area contributed by atoms with Gasteiger partial charge in [0.15, 0.2) is 0 Å². The van der Waals surface area contributed by atoms with Crippen LogP contribution in [0.2, 0.25) is 0 Å². The van der Waals surface area contributed by atoms with Crippen molar-refractivity contribution < 1.29 is 9.90 Å². The molecule has 3 heteroatoms. The standard InChI is InChI=1S/C15H27NO2/c1-12-4-3-5-15(8-12,11-17)10-16(2)9-13-6-14(18)7-13/h11-14,18H,3-10H2,1-2H3. The molecular formula is C15H27NO2. The van der Waals surface area contributed by atoms with E-state index in [9.17, 15) is 9.90 Å². The molecule has 2 unspecified atom stereocenters. The Morgan fingerprint density at radius 3 is 2.72 bits per heavy atom. The third-order valence-corrected chi connectivity index (χ3v) is 4.74. The van der Waals surface area contributed by atoms with Crippen molar-refractivity contribution in [3.05, 3.63) is 0 Å². The number of hydrogen-bond acceptors (Lipinski definition) is 3. The Balaban J connectivity index is 1.83. The summed E-state index contributed by atoms with van der Waals surface area (Å²) in [7, 11) is 2.12. The normalized spacial score (nSPS) is 40.6. The first-order valence-electron chi connectivity index (χ1n) is 7.36. The highest BCUT2D eigenvalue weighted by atomic mass is 16.3. The Labute approximate surface area is 111 Å². The van der Waals surface area contributed by atoms with E-state index < -0.39 is 0 Å². The molecule has 2 aliphatic rings. The van der Waals surface area contributed by atoms with Crippen molar-refractivity contribution in [3.63, 3.8) is 0 Å². The zero-order valence-corrected chi connectivity index (χ0v) is 11.8. The second-order valence-corrected chi connectivity index (χ2v) is 6.87. The molecule has 2 atom stereocenters. The number of nitrogens with zero attached hydrogens (tertiary/aromatic N) is 1. The average Bonchev–Trinajstić information content (AvgIpc) is 2.27. The minimum atomic E-state index is -0.102. The van der Waals surface area contributed by atoms with Crippen LogP contribution in [0.15, 0.2) is 0 Å². The molecule has 0 amide bonds. The SMILES string of the molecule is CC1CCCC(C=O)(CN(C)CC2CC(O)C2)C1. The topological polar surface area (TPSA) is 40.5 Å². The number of hydrogen-bond donors (Lipinski definition) is 1. The second-order valence-electron chi connectivity index (χ2n) is 6.87. The number of aliphatic hydroxyl groups excluding tert-OH is 1. The molecule has 3 nitrogen and oxygen atoms in total. The van der Waals surface area contributed by atoms with Crippen LogP contribution >= 0.6 is 0 Å². The van der Waals surface area contributed by atoms with E-state index in [4.69, 9.17) is 0 Å². The Kier molecular flexibility index (Phi) is 4.44. The highest BCUT2D eigenvalue weighted by molar-refractivity contribution is 5.60. The lowest BCUT2D eigenvalue weighted by Crippen LogP contribution is -2.44. The van der Waals surface area contributed by atoms with Crippen molar-refractivity contribution in [2.45, 2.75) is 51.6 Å². The first-order valence-corrected chi connectivity index (χ1v) is 7.36. The summed E-state index contributed by atoms with van der Waals surface area (Å²) in [5.41, 5.74) is -0.102. The highest BCUT2D eigenvalue weighted by Crippen LogP contribution is 2.38. The average molecular weight is 253 g/mol. The summed E-state index contributed by atoms with van der Waals surface area (Å²) in [6.07, 6.45) is 7.59. The molecular weight excluding hydrogens is 226 g/mol. The van der Waals surface area contributed by atoms with Crippen LogP contribution in [0.3, 0.4) is 0 Å². The molecule has 1 N–H and O–H groups in total. The summed E-state index contributed by atoms with van der Waals surface area (Å²) in [6.45, 7) is 4.19. The molecule has 2 aliphatic carbocycles. The van der Waals surface area contributed by atoms with Crippen molar-refractivity contribution in [3.8, 4) is 0 Å². The lowest BCUT2D eigenvalue weighted by Gasteiger charge is -2.41. The first-order chi connectivity index (χ1) is 8.53. The fourth-order valence-corrected chi connectivity index (χ4v) is 3.88. The van der Waals surface area contributed by atoms with Crippen LogP contribution in [-0.4, -0.2) is 42.5 Å². The number of aliphatic hydroxyl groups is 1. The van der Waals surface area contributed by atoms with E-state index in [0.717, 1.165) is 38.8 Å². The monoisotopic (exact) mass is 253 g/mol. The summed E-state index contributed by atoms with van der Waals surface area (Å²) in [5, 5.41) is 9.31. The summed E-state index contributed by atoms with van der Waals surface area (Å²) in [6, 6.07) is 0. The molecule has 0 heterocycles. The van der Waals surface area contributed by atoms with Gasteiger partial charge in [0.05, 0.1) is 6.10 Å². The van der Waals surface area contributed by atoms with E-state index in [1.54, 1.807) is 0 Å². The maximum Gasteiger partial charge on any atom is 0.127 e. The van der Waals surface area contributed by atoms with Gasteiger partial charge in [-0.25, -0.2) is 0 Å². The molecule has 0 aromatic rings. The quantitative estimate of drug-likeness (QED) is 0.763. The third kappa shape index (κ3) is 3.33. The zero-order valence-electron chi connectivity index (χ0n) is 11.8. The lowest BCUT2D eigenvalue weighted by atomic mass is 9.70. The van der Waals surface area contributed by atoms with Gasteiger partial charge >= 0.3 is 0 Å². The van der Waals surface area contributed by atoms with Crippen LogP contribution in [0.5, 0.6) is 0 Å². The molecule has 0 spiro atoms. The van der Waals surface area contributed by atoms with Crippen molar-refractivity contribution >= 4 is 6.29 Å². The molecule has 0 aromatic carbocycles. The van der Waals surface area contributed by atoms with Crippen molar-refractivity contribution in [2.24, 2.45) is 17.3 Å². The van der Waals surface area contributed by atoms with Gasteiger partial charge in [-0.05, 0) is 44.6 Å².